The summed E-state index contributed by atoms with van der Waals surface area (Å²) in [5.41, 5.74) is 2.16. The predicted molar refractivity (Wildman–Crippen MR) is 77.4 cm³/mol. The summed E-state index contributed by atoms with van der Waals surface area (Å²) in [5.74, 6) is 0.591. The minimum atomic E-state index is -0.317. The Morgan fingerprint density at radius 1 is 1.37 bits per heavy atom. The second-order valence-electron chi connectivity index (χ2n) is 6.51. The van der Waals surface area contributed by atoms with E-state index in [1.165, 1.54) is 6.42 Å². The van der Waals surface area contributed by atoms with Crippen molar-refractivity contribution in [2.75, 3.05) is 5.32 Å². The van der Waals surface area contributed by atoms with Crippen LogP contribution in [-0.2, 0) is 0 Å². The first kappa shape index (κ1) is 13.8. The first-order chi connectivity index (χ1) is 8.80. The molecule has 104 valence electrons. The van der Waals surface area contributed by atoms with Crippen molar-refractivity contribution >= 4 is 11.4 Å². The first-order valence-electron chi connectivity index (χ1n) is 6.81. The van der Waals surface area contributed by atoms with Crippen molar-refractivity contribution in [2.24, 2.45) is 11.3 Å². The predicted octanol–water partition coefficient (Wildman–Crippen LogP) is 4.14. The Bertz CT molecular complexity index is 497. The lowest BCUT2D eigenvalue weighted by atomic mass is 9.91. The molecule has 0 bridgehead atoms. The van der Waals surface area contributed by atoms with Gasteiger partial charge in [-0.25, -0.2) is 0 Å². The highest BCUT2D eigenvalue weighted by atomic mass is 16.6. The molecule has 0 heterocycles. The smallest absolute Gasteiger partial charge is 0.274 e. The van der Waals surface area contributed by atoms with Crippen LogP contribution in [0.15, 0.2) is 18.2 Å². The highest BCUT2D eigenvalue weighted by Crippen LogP contribution is 2.42. The number of anilines is 1. The Morgan fingerprint density at radius 2 is 2.05 bits per heavy atom. The van der Waals surface area contributed by atoms with Crippen LogP contribution >= 0.6 is 0 Å². The molecule has 1 N–H and O–H groups in total. The van der Waals surface area contributed by atoms with Gasteiger partial charge in [0.2, 0.25) is 0 Å². The zero-order valence-electron chi connectivity index (χ0n) is 12.1. The lowest BCUT2D eigenvalue weighted by Crippen LogP contribution is -2.23. The molecule has 0 aliphatic heterocycles. The highest BCUT2D eigenvalue weighted by molar-refractivity contribution is 5.60. The molecular weight excluding hydrogens is 240 g/mol. The normalized spacial score (nSPS) is 25.3. The summed E-state index contributed by atoms with van der Waals surface area (Å²) in [4.78, 5) is 10.6. The number of nitrogens with one attached hydrogen (secondary N) is 1. The molecule has 4 heteroatoms. The number of rotatable bonds is 3. The Labute approximate surface area is 114 Å². The average molecular weight is 262 g/mol. The molecular formula is C15H22N2O2. The lowest BCUT2D eigenvalue weighted by Gasteiger charge is -2.21. The fourth-order valence-electron chi connectivity index (χ4n) is 3.26. The molecule has 4 nitrogen and oxygen atoms in total. The second-order valence-corrected chi connectivity index (χ2v) is 6.51. The van der Waals surface area contributed by atoms with Gasteiger partial charge in [-0.05, 0) is 37.2 Å². The van der Waals surface area contributed by atoms with Crippen molar-refractivity contribution in [2.45, 2.75) is 46.6 Å². The van der Waals surface area contributed by atoms with E-state index >= 15 is 0 Å². The van der Waals surface area contributed by atoms with Gasteiger partial charge in [0, 0.05) is 23.4 Å². The molecule has 0 saturated heterocycles. The van der Waals surface area contributed by atoms with Crippen LogP contribution < -0.4 is 5.32 Å². The van der Waals surface area contributed by atoms with Gasteiger partial charge in [-0.3, -0.25) is 10.1 Å². The standard InChI is InChI=1S/C15H22N2O2/c1-10-8-15(3,4)9-13(10)16-12-6-5-7-14(11(12)2)17(18)19/h5-7,10,13,16H,8-9H2,1-4H3. The van der Waals surface area contributed by atoms with Crippen LogP contribution in [0, 0.1) is 28.4 Å². The third kappa shape index (κ3) is 2.88. The molecule has 19 heavy (non-hydrogen) atoms. The van der Waals surface area contributed by atoms with E-state index in [1.54, 1.807) is 12.1 Å². The first-order valence-corrected chi connectivity index (χ1v) is 6.81. The Morgan fingerprint density at radius 3 is 2.58 bits per heavy atom. The van der Waals surface area contributed by atoms with E-state index in [0.717, 1.165) is 17.7 Å². The van der Waals surface area contributed by atoms with Gasteiger partial charge < -0.3 is 5.32 Å². The highest BCUT2D eigenvalue weighted by Gasteiger charge is 2.36. The minimum absolute atomic E-state index is 0.190. The molecule has 2 atom stereocenters. The van der Waals surface area contributed by atoms with Crippen molar-refractivity contribution in [1.29, 1.82) is 0 Å². The van der Waals surface area contributed by atoms with Crippen LogP contribution in [0.2, 0.25) is 0 Å². The molecule has 1 aromatic carbocycles. The van der Waals surface area contributed by atoms with E-state index < -0.39 is 0 Å². The minimum Gasteiger partial charge on any atom is -0.382 e. The zero-order valence-corrected chi connectivity index (χ0v) is 12.1. The van der Waals surface area contributed by atoms with Crippen LogP contribution in [0.4, 0.5) is 11.4 Å². The zero-order chi connectivity index (χ0) is 14.2. The van der Waals surface area contributed by atoms with Gasteiger partial charge in [-0.2, -0.15) is 0 Å². The third-order valence-electron chi connectivity index (χ3n) is 4.18. The van der Waals surface area contributed by atoms with E-state index in [-0.39, 0.29) is 10.6 Å². The molecule has 1 fully saturated rings. The fourth-order valence-corrected chi connectivity index (χ4v) is 3.26. The number of hydrogen-bond acceptors (Lipinski definition) is 3. The summed E-state index contributed by atoms with van der Waals surface area (Å²) in [6.07, 6.45) is 2.30. The summed E-state index contributed by atoms with van der Waals surface area (Å²) < 4.78 is 0. The van der Waals surface area contributed by atoms with E-state index in [9.17, 15) is 10.1 Å². The van der Waals surface area contributed by atoms with E-state index in [1.807, 2.05) is 13.0 Å². The lowest BCUT2D eigenvalue weighted by molar-refractivity contribution is -0.385. The Hall–Kier alpha value is -1.58. The maximum Gasteiger partial charge on any atom is 0.274 e. The Balaban J connectivity index is 2.21. The van der Waals surface area contributed by atoms with Gasteiger partial charge in [0.15, 0.2) is 0 Å². The maximum atomic E-state index is 11.0. The molecule has 1 aromatic rings. The molecule has 0 amide bonds. The van der Waals surface area contributed by atoms with Gasteiger partial charge >= 0.3 is 0 Å². The van der Waals surface area contributed by atoms with Gasteiger partial charge in [-0.15, -0.1) is 0 Å². The van der Waals surface area contributed by atoms with E-state index in [2.05, 4.69) is 26.1 Å². The van der Waals surface area contributed by atoms with Gasteiger partial charge in [0.25, 0.3) is 5.69 Å². The summed E-state index contributed by atoms with van der Waals surface area (Å²) in [7, 11) is 0. The summed E-state index contributed by atoms with van der Waals surface area (Å²) in [6.45, 7) is 8.63. The van der Waals surface area contributed by atoms with Crippen molar-refractivity contribution in [3.8, 4) is 0 Å². The molecule has 2 rings (SSSR count). The molecule has 0 aromatic heterocycles. The van der Waals surface area contributed by atoms with Crippen molar-refractivity contribution < 1.29 is 4.92 Å². The van der Waals surface area contributed by atoms with E-state index in [4.69, 9.17) is 0 Å². The molecule has 1 saturated carbocycles. The maximum absolute atomic E-state index is 11.0. The van der Waals surface area contributed by atoms with Crippen molar-refractivity contribution in [1.82, 2.24) is 0 Å². The number of hydrogen-bond donors (Lipinski definition) is 1. The largest absolute Gasteiger partial charge is 0.382 e. The van der Waals surface area contributed by atoms with Crippen LogP contribution in [0.25, 0.3) is 0 Å². The molecule has 0 radical (unpaired) electrons. The van der Waals surface area contributed by atoms with Crippen molar-refractivity contribution in [3.05, 3.63) is 33.9 Å². The SMILES string of the molecule is Cc1c(NC2CC(C)(C)CC2C)cccc1[N+](=O)[O-]. The van der Waals surface area contributed by atoms with Crippen LogP contribution in [0.1, 0.15) is 39.2 Å². The van der Waals surface area contributed by atoms with Crippen LogP contribution in [-0.4, -0.2) is 11.0 Å². The molecule has 1 aliphatic carbocycles. The second kappa shape index (κ2) is 4.83. The summed E-state index contributed by atoms with van der Waals surface area (Å²) >= 11 is 0. The number of nitrogens with zero attached hydrogens (tertiary/aromatic N) is 1. The van der Waals surface area contributed by atoms with Crippen LogP contribution in [0.3, 0.4) is 0 Å². The van der Waals surface area contributed by atoms with E-state index in [0.29, 0.717) is 17.4 Å². The van der Waals surface area contributed by atoms with Crippen molar-refractivity contribution in [3.63, 3.8) is 0 Å². The Kier molecular flexibility index (Phi) is 3.52. The number of nitro groups is 1. The average Bonchev–Trinajstić information content (AvgIpc) is 2.54. The monoisotopic (exact) mass is 262 g/mol. The summed E-state index contributed by atoms with van der Waals surface area (Å²) in [6, 6.07) is 5.64. The number of nitro benzene ring substituents is 1. The topological polar surface area (TPSA) is 55.2 Å². The van der Waals surface area contributed by atoms with Crippen LogP contribution in [0.5, 0.6) is 0 Å². The van der Waals surface area contributed by atoms with Gasteiger partial charge in [0.05, 0.1) is 4.92 Å². The summed E-state index contributed by atoms with van der Waals surface area (Å²) in [5, 5.41) is 14.5. The molecule has 1 aliphatic rings. The number of benzene rings is 1. The molecule has 2 unspecified atom stereocenters. The fraction of sp³-hybridized carbons (Fsp3) is 0.600. The van der Waals surface area contributed by atoms with Gasteiger partial charge in [0.1, 0.15) is 0 Å². The quantitative estimate of drug-likeness (QED) is 0.658. The third-order valence-corrected chi connectivity index (χ3v) is 4.18. The molecule has 0 spiro atoms. The van der Waals surface area contributed by atoms with Gasteiger partial charge in [-0.1, -0.05) is 26.8 Å².